The molecule has 1 aliphatic rings. The quantitative estimate of drug-likeness (QED) is 0.762. The van der Waals surface area contributed by atoms with Crippen LogP contribution in [0.25, 0.3) is 0 Å². The van der Waals surface area contributed by atoms with Crippen LogP contribution in [0.2, 0.25) is 0 Å². The van der Waals surface area contributed by atoms with Gasteiger partial charge in [0.15, 0.2) is 0 Å². The molecule has 118 valence electrons. The van der Waals surface area contributed by atoms with E-state index >= 15 is 0 Å². The topological polar surface area (TPSA) is 46.2 Å². The first-order chi connectivity index (χ1) is 10.0. The molecule has 1 aliphatic carbocycles. The third-order valence-electron chi connectivity index (χ3n) is 4.15. The molecule has 1 atom stereocenters. The summed E-state index contributed by atoms with van der Waals surface area (Å²) < 4.78 is 24.0. The standard InChI is InChI=1S/C17H27NO2S/c1-3-11-21(19,20)12-10-15(13-18-16-8-9-16)17-7-5-4-6-14(17)2/h4-7,15-16,18H,3,8-13H2,1-2H3. The molecule has 0 bridgehead atoms. The molecule has 0 heterocycles. The Balaban J connectivity index is 2.03. The molecule has 1 N–H and O–H groups in total. The smallest absolute Gasteiger partial charge is 0.150 e. The minimum absolute atomic E-state index is 0.290. The molecule has 21 heavy (non-hydrogen) atoms. The van der Waals surface area contributed by atoms with E-state index in [9.17, 15) is 8.42 Å². The fraction of sp³-hybridized carbons (Fsp3) is 0.647. The normalized spacial score (nSPS) is 16.9. The molecule has 0 spiro atoms. The molecule has 1 fully saturated rings. The molecule has 3 nitrogen and oxygen atoms in total. The van der Waals surface area contributed by atoms with E-state index in [1.165, 1.54) is 24.0 Å². The maximum Gasteiger partial charge on any atom is 0.150 e. The number of hydrogen-bond acceptors (Lipinski definition) is 3. The van der Waals surface area contributed by atoms with Crippen LogP contribution < -0.4 is 5.32 Å². The van der Waals surface area contributed by atoms with Gasteiger partial charge in [-0.2, -0.15) is 0 Å². The number of benzene rings is 1. The number of rotatable bonds is 9. The predicted octanol–water partition coefficient (Wildman–Crippen LogP) is 3.05. The Hall–Kier alpha value is -0.870. The Labute approximate surface area is 129 Å². The third kappa shape index (κ3) is 5.44. The van der Waals surface area contributed by atoms with Gasteiger partial charge in [0.25, 0.3) is 0 Å². The zero-order valence-corrected chi connectivity index (χ0v) is 14.0. The molecule has 0 aliphatic heterocycles. The van der Waals surface area contributed by atoms with Crippen molar-refractivity contribution in [1.29, 1.82) is 0 Å². The van der Waals surface area contributed by atoms with E-state index in [0.29, 0.717) is 36.3 Å². The molecule has 0 saturated heterocycles. The summed E-state index contributed by atoms with van der Waals surface area (Å²) in [5.74, 6) is 0.897. The highest BCUT2D eigenvalue weighted by Gasteiger charge is 2.24. The van der Waals surface area contributed by atoms with Gasteiger partial charge in [0, 0.05) is 18.3 Å². The van der Waals surface area contributed by atoms with Gasteiger partial charge in [0.05, 0.1) is 5.75 Å². The molecule has 0 aromatic heterocycles. The minimum Gasteiger partial charge on any atom is -0.313 e. The van der Waals surface area contributed by atoms with Crippen molar-refractivity contribution in [3.8, 4) is 0 Å². The zero-order valence-electron chi connectivity index (χ0n) is 13.1. The molecule has 1 saturated carbocycles. The largest absolute Gasteiger partial charge is 0.313 e. The number of aryl methyl sites for hydroxylation is 1. The molecule has 4 heteroatoms. The highest BCUT2D eigenvalue weighted by atomic mass is 32.2. The molecular weight excluding hydrogens is 282 g/mol. The SMILES string of the molecule is CCCS(=O)(=O)CCC(CNC1CC1)c1ccccc1C. The first-order valence-electron chi connectivity index (χ1n) is 8.01. The summed E-state index contributed by atoms with van der Waals surface area (Å²) in [4.78, 5) is 0. The van der Waals surface area contributed by atoms with Crippen molar-refractivity contribution in [2.75, 3.05) is 18.1 Å². The lowest BCUT2D eigenvalue weighted by molar-refractivity contribution is 0.552. The van der Waals surface area contributed by atoms with Gasteiger partial charge in [-0.1, -0.05) is 31.2 Å². The third-order valence-corrected chi connectivity index (χ3v) is 6.04. The van der Waals surface area contributed by atoms with Gasteiger partial charge in [-0.25, -0.2) is 8.42 Å². The van der Waals surface area contributed by atoms with Crippen LogP contribution >= 0.6 is 0 Å². The zero-order chi connectivity index (χ0) is 15.3. The van der Waals surface area contributed by atoms with Gasteiger partial charge in [0.1, 0.15) is 9.84 Å². The number of sulfone groups is 1. The van der Waals surface area contributed by atoms with Crippen LogP contribution in [0, 0.1) is 6.92 Å². The van der Waals surface area contributed by atoms with Gasteiger partial charge >= 0.3 is 0 Å². The Morgan fingerprint density at radius 2 is 1.95 bits per heavy atom. The molecular formula is C17H27NO2S. The van der Waals surface area contributed by atoms with E-state index in [0.717, 1.165) is 6.54 Å². The Morgan fingerprint density at radius 3 is 2.57 bits per heavy atom. The summed E-state index contributed by atoms with van der Waals surface area (Å²) in [5.41, 5.74) is 2.55. The average molecular weight is 309 g/mol. The maximum atomic E-state index is 12.0. The Kier molecular flexibility index (Phi) is 5.82. The highest BCUT2D eigenvalue weighted by molar-refractivity contribution is 7.91. The molecule has 1 aromatic rings. The van der Waals surface area contributed by atoms with Crippen LogP contribution in [0.4, 0.5) is 0 Å². The van der Waals surface area contributed by atoms with Gasteiger partial charge in [-0.05, 0) is 49.7 Å². The van der Waals surface area contributed by atoms with Gasteiger partial charge in [-0.15, -0.1) is 0 Å². The lowest BCUT2D eigenvalue weighted by Gasteiger charge is -2.20. The first-order valence-corrected chi connectivity index (χ1v) is 9.83. The monoisotopic (exact) mass is 309 g/mol. The summed E-state index contributed by atoms with van der Waals surface area (Å²) >= 11 is 0. The van der Waals surface area contributed by atoms with Crippen LogP contribution in [-0.4, -0.2) is 32.5 Å². The van der Waals surface area contributed by atoms with Crippen LogP contribution in [0.3, 0.4) is 0 Å². The van der Waals surface area contributed by atoms with Crippen LogP contribution in [0.5, 0.6) is 0 Å². The first kappa shape index (κ1) is 16.5. The second-order valence-corrected chi connectivity index (χ2v) is 8.48. The number of hydrogen-bond donors (Lipinski definition) is 1. The van der Waals surface area contributed by atoms with E-state index in [2.05, 4.69) is 24.4 Å². The predicted molar refractivity (Wildman–Crippen MR) is 88.5 cm³/mol. The Bertz CT molecular complexity index is 550. The van der Waals surface area contributed by atoms with Crippen molar-refractivity contribution in [3.63, 3.8) is 0 Å². The summed E-state index contributed by atoms with van der Waals surface area (Å²) in [7, 11) is -2.90. The lowest BCUT2D eigenvalue weighted by Crippen LogP contribution is -2.26. The van der Waals surface area contributed by atoms with Crippen molar-refractivity contribution < 1.29 is 8.42 Å². The van der Waals surface area contributed by atoms with Crippen molar-refractivity contribution >= 4 is 9.84 Å². The molecule has 2 rings (SSSR count). The van der Waals surface area contributed by atoms with Crippen molar-refractivity contribution in [2.45, 2.75) is 51.5 Å². The van der Waals surface area contributed by atoms with E-state index in [1.54, 1.807) is 0 Å². The second kappa shape index (κ2) is 7.41. The molecule has 0 amide bonds. The van der Waals surface area contributed by atoms with E-state index in [1.807, 2.05) is 19.1 Å². The maximum absolute atomic E-state index is 12.0. The van der Waals surface area contributed by atoms with E-state index in [4.69, 9.17) is 0 Å². The molecule has 1 aromatic carbocycles. The van der Waals surface area contributed by atoms with Gasteiger partial charge in [-0.3, -0.25) is 0 Å². The van der Waals surface area contributed by atoms with Gasteiger partial charge in [0.2, 0.25) is 0 Å². The van der Waals surface area contributed by atoms with Crippen molar-refractivity contribution in [1.82, 2.24) is 5.32 Å². The summed E-state index contributed by atoms with van der Waals surface area (Å²) in [6.45, 7) is 4.92. The fourth-order valence-corrected chi connectivity index (χ4v) is 4.21. The van der Waals surface area contributed by atoms with Crippen molar-refractivity contribution in [2.24, 2.45) is 0 Å². The second-order valence-electron chi connectivity index (χ2n) is 6.18. The Morgan fingerprint density at radius 1 is 1.24 bits per heavy atom. The van der Waals surface area contributed by atoms with Crippen LogP contribution in [-0.2, 0) is 9.84 Å². The summed E-state index contributed by atoms with van der Waals surface area (Å²) in [6, 6.07) is 9.00. The molecule has 0 radical (unpaired) electrons. The minimum atomic E-state index is -2.90. The van der Waals surface area contributed by atoms with Gasteiger partial charge < -0.3 is 5.32 Å². The molecule has 1 unspecified atom stereocenters. The van der Waals surface area contributed by atoms with E-state index < -0.39 is 9.84 Å². The number of nitrogens with one attached hydrogen (secondary N) is 1. The fourth-order valence-electron chi connectivity index (χ4n) is 2.74. The summed E-state index contributed by atoms with van der Waals surface area (Å²) in [5, 5.41) is 3.56. The van der Waals surface area contributed by atoms with Crippen LogP contribution in [0.1, 0.15) is 49.7 Å². The average Bonchev–Trinajstić information content (AvgIpc) is 3.24. The lowest BCUT2D eigenvalue weighted by atomic mass is 9.92. The van der Waals surface area contributed by atoms with E-state index in [-0.39, 0.29) is 0 Å². The summed E-state index contributed by atoms with van der Waals surface area (Å²) in [6.07, 6.45) is 3.94. The van der Waals surface area contributed by atoms with Crippen LogP contribution in [0.15, 0.2) is 24.3 Å². The van der Waals surface area contributed by atoms with Crippen molar-refractivity contribution in [3.05, 3.63) is 35.4 Å². The highest BCUT2D eigenvalue weighted by Crippen LogP contribution is 2.26.